The first-order valence-electron chi connectivity index (χ1n) is 11.5. The lowest BCUT2D eigenvalue weighted by Gasteiger charge is -2.26. The molecule has 0 aliphatic carbocycles. The molecule has 0 aromatic heterocycles. The number of rotatable bonds is 7. The summed E-state index contributed by atoms with van der Waals surface area (Å²) in [6, 6.07) is 13.4. The van der Waals surface area contributed by atoms with Gasteiger partial charge < -0.3 is 4.90 Å². The van der Waals surface area contributed by atoms with Gasteiger partial charge in [-0.2, -0.15) is 4.31 Å². The summed E-state index contributed by atoms with van der Waals surface area (Å²) in [6.07, 6.45) is 9.09. The van der Waals surface area contributed by atoms with Gasteiger partial charge in [0.1, 0.15) is 0 Å². The Kier molecular flexibility index (Phi) is 7.18. The summed E-state index contributed by atoms with van der Waals surface area (Å²) < 4.78 is 27.7. The van der Waals surface area contributed by atoms with Crippen LogP contribution in [-0.2, 0) is 27.8 Å². The first-order chi connectivity index (χ1) is 15.9. The Hall–Kier alpha value is -2.66. The molecule has 6 nitrogen and oxygen atoms in total. The first-order valence-corrected chi connectivity index (χ1v) is 13.0. The third kappa shape index (κ3) is 5.30. The van der Waals surface area contributed by atoms with Gasteiger partial charge in [-0.05, 0) is 55.5 Å². The number of benzene rings is 2. The molecule has 7 heteroatoms. The Balaban J connectivity index is 1.47. The van der Waals surface area contributed by atoms with Gasteiger partial charge in [-0.1, -0.05) is 42.2 Å². The van der Waals surface area contributed by atoms with Crippen molar-refractivity contribution in [1.82, 2.24) is 9.21 Å². The Morgan fingerprint density at radius 1 is 1.06 bits per heavy atom. The summed E-state index contributed by atoms with van der Waals surface area (Å²) in [7, 11) is -3.49. The van der Waals surface area contributed by atoms with E-state index in [0.29, 0.717) is 44.0 Å². The van der Waals surface area contributed by atoms with Crippen molar-refractivity contribution in [3.05, 3.63) is 59.2 Å². The number of carbonyl (C=O) groups excluding carboxylic acids is 1. The fourth-order valence-corrected chi connectivity index (χ4v) is 6.15. The molecule has 2 aromatic carbocycles. The Labute approximate surface area is 197 Å². The van der Waals surface area contributed by atoms with Crippen molar-refractivity contribution in [3.8, 4) is 12.3 Å². The van der Waals surface area contributed by atoms with Crippen LogP contribution in [0.1, 0.15) is 36.0 Å². The number of terminal acetylenes is 1. The molecule has 4 rings (SSSR count). The zero-order valence-corrected chi connectivity index (χ0v) is 20.0. The number of amides is 1. The fourth-order valence-electron chi connectivity index (χ4n) is 4.58. The van der Waals surface area contributed by atoms with Crippen molar-refractivity contribution in [2.24, 2.45) is 0 Å². The van der Waals surface area contributed by atoms with Gasteiger partial charge in [0.25, 0.3) is 0 Å². The van der Waals surface area contributed by atoms with Gasteiger partial charge in [-0.3, -0.25) is 9.69 Å². The van der Waals surface area contributed by atoms with Crippen LogP contribution < -0.4 is 4.90 Å². The van der Waals surface area contributed by atoms with Crippen LogP contribution in [0.2, 0.25) is 0 Å². The van der Waals surface area contributed by atoms with E-state index in [-0.39, 0.29) is 12.5 Å². The molecule has 1 fully saturated rings. The first kappa shape index (κ1) is 23.5. The van der Waals surface area contributed by atoms with E-state index in [1.807, 2.05) is 11.8 Å². The van der Waals surface area contributed by atoms with Crippen LogP contribution in [0.15, 0.2) is 47.4 Å². The SMILES string of the molecule is C#CCN(CC(=O)N1CCc2cc(S(=O)(=O)N3CCCCC3)ccc21)Cc1ccc(C)cc1. The summed E-state index contributed by atoms with van der Waals surface area (Å²) in [5, 5.41) is 0. The van der Waals surface area contributed by atoms with E-state index in [1.54, 1.807) is 27.4 Å². The molecule has 2 aliphatic heterocycles. The van der Waals surface area contributed by atoms with Gasteiger partial charge in [0.15, 0.2) is 0 Å². The molecule has 2 aliphatic rings. The van der Waals surface area contributed by atoms with Crippen LogP contribution in [0.25, 0.3) is 0 Å². The molecule has 0 radical (unpaired) electrons. The highest BCUT2D eigenvalue weighted by Gasteiger charge is 2.30. The second kappa shape index (κ2) is 10.1. The third-order valence-electron chi connectivity index (χ3n) is 6.40. The molecule has 174 valence electrons. The second-order valence-corrected chi connectivity index (χ2v) is 10.8. The molecular weight excluding hydrogens is 434 g/mol. The topological polar surface area (TPSA) is 60.9 Å². The molecule has 0 unspecified atom stereocenters. The second-order valence-electron chi connectivity index (χ2n) is 8.89. The van der Waals surface area contributed by atoms with Gasteiger partial charge in [0.2, 0.25) is 15.9 Å². The van der Waals surface area contributed by atoms with E-state index >= 15 is 0 Å². The summed E-state index contributed by atoms with van der Waals surface area (Å²) in [5.41, 5.74) is 4.00. The molecule has 0 bridgehead atoms. The minimum atomic E-state index is -3.49. The van der Waals surface area contributed by atoms with Crippen molar-refractivity contribution in [1.29, 1.82) is 0 Å². The zero-order chi connectivity index (χ0) is 23.4. The minimum Gasteiger partial charge on any atom is -0.311 e. The zero-order valence-electron chi connectivity index (χ0n) is 19.2. The Bertz CT molecular complexity index is 1150. The molecule has 1 saturated heterocycles. The highest BCUT2D eigenvalue weighted by molar-refractivity contribution is 7.89. The van der Waals surface area contributed by atoms with Crippen LogP contribution >= 0.6 is 0 Å². The maximum atomic E-state index is 13.2. The maximum Gasteiger partial charge on any atom is 0.243 e. The molecule has 0 saturated carbocycles. The van der Waals surface area contributed by atoms with Crippen LogP contribution in [0, 0.1) is 19.3 Å². The highest BCUT2D eigenvalue weighted by Crippen LogP contribution is 2.32. The van der Waals surface area contributed by atoms with Crippen LogP contribution in [0.3, 0.4) is 0 Å². The fraction of sp³-hybridized carbons (Fsp3) is 0.423. The van der Waals surface area contributed by atoms with Gasteiger partial charge in [0, 0.05) is 31.9 Å². The van der Waals surface area contributed by atoms with Crippen molar-refractivity contribution in [2.45, 2.75) is 44.0 Å². The number of hydrogen-bond donors (Lipinski definition) is 0. The Morgan fingerprint density at radius 2 is 1.79 bits per heavy atom. The van der Waals surface area contributed by atoms with E-state index in [1.165, 1.54) is 5.56 Å². The number of anilines is 1. The number of aryl methyl sites for hydroxylation is 1. The molecule has 2 heterocycles. The van der Waals surface area contributed by atoms with Gasteiger partial charge in [-0.25, -0.2) is 8.42 Å². The van der Waals surface area contributed by atoms with Gasteiger partial charge in [0.05, 0.1) is 18.0 Å². The van der Waals surface area contributed by atoms with Crippen molar-refractivity contribution < 1.29 is 13.2 Å². The predicted molar refractivity (Wildman–Crippen MR) is 130 cm³/mol. The average Bonchev–Trinajstić information content (AvgIpc) is 3.25. The normalized spacial score (nSPS) is 16.6. The van der Waals surface area contributed by atoms with E-state index in [2.05, 4.69) is 30.2 Å². The quantitative estimate of drug-likeness (QED) is 0.590. The number of fused-ring (bicyclic) bond motifs is 1. The number of piperidine rings is 1. The van der Waals surface area contributed by atoms with Crippen LogP contribution in [0.5, 0.6) is 0 Å². The number of nitrogens with zero attached hydrogens (tertiary/aromatic N) is 3. The molecule has 2 aromatic rings. The molecule has 1 amide bonds. The lowest BCUT2D eigenvalue weighted by Crippen LogP contribution is -2.39. The molecule has 0 N–H and O–H groups in total. The summed E-state index contributed by atoms with van der Waals surface area (Å²) in [6.45, 7) is 4.95. The van der Waals surface area contributed by atoms with Gasteiger partial charge in [-0.15, -0.1) is 6.42 Å². The van der Waals surface area contributed by atoms with E-state index in [0.717, 1.165) is 36.1 Å². The molecule has 0 atom stereocenters. The predicted octanol–water partition coefficient (Wildman–Crippen LogP) is 3.19. The molecule has 0 spiro atoms. The molecular formula is C26H31N3O3S. The van der Waals surface area contributed by atoms with Crippen molar-refractivity contribution in [3.63, 3.8) is 0 Å². The highest BCUT2D eigenvalue weighted by atomic mass is 32.2. The van der Waals surface area contributed by atoms with Crippen molar-refractivity contribution >= 4 is 21.6 Å². The Morgan fingerprint density at radius 3 is 2.48 bits per heavy atom. The van der Waals surface area contributed by atoms with Gasteiger partial charge >= 0.3 is 0 Å². The van der Waals surface area contributed by atoms with Crippen LogP contribution in [-0.4, -0.2) is 56.3 Å². The monoisotopic (exact) mass is 465 g/mol. The van der Waals surface area contributed by atoms with E-state index in [4.69, 9.17) is 6.42 Å². The van der Waals surface area contributed by atoms with E-state index < -0.39 is 10.0 Å². The minimum absolute atomic E-state index is 0.0252. The number of sulfonamides is 1. The summed E-state index contributed by atoms with van der Waals surface area (Å²) >= 11 is 0. The van der Waals surface area contributed by atoms with E-state index in [9.17, 15) is 13.2 Å². The lowest BCUT2D eigenvalue weighted by molar-refractivity contribution is -0.119. The summed E-state index contributed by atoms with van der Waals surface area (Å²) in [5.74, 6) is 2.63. The lowest BCUT2D eigenvalue weighted by atomic mass is 10.1. The van der Waals surface area contributed by atoms with Crippen LogP contribution in [0.4, 0.5) is 5.69 Å². The van der Waals surface area contributed by atoms with Crippen molar-refractivity contribution in [2.75, 3.05) is 37.6 Å². The largest absolute Gasteiger partial charge is 0.311 e. The number of carbonyl (C=O) groups is 1. The maximum absolute atomic E-state index is 13.2. The number of hydrogen-bond acceptors (Lipinski definition) is 4. The smallest absolute Gasteiger partial charge is 0.243 e. The average molecular weight is 466 g/mol. The standard InChI is InChI=1S/C26H31N3O3S/c1-3-14-27(19-22-9-7-21(2)8-10-22)20-26(30)29-17-13-23-18-24(11-12-25(23)29)33(31,32)28-15-5-4-6-16-28/h1,7-12,18H,4-6,13-17,19-20H2,2H3. The third-order valence-corrected chi connectivity index (χ3v) is 8.30. The summed E-state index contributed by atoms with van der Waals surface area (Å²) in [4.78, 5) is 17.2. The molecule has 33 heavy (non-hydrogen) atoms.